The number of thioether (sulfide) groups is 1. The Morgan fingerprint density at radius 2 is 2.19 bits per heavy atom. The van der Waals surface area contributed by atoms with Gasteiger partial charge in [-0.05, 0) is 37.6 Å². The van der Waals surface area contributed by atoms with Gasteiger partial charge in [0.1, 0.15) is 5.82 Å². The minimum atomic E-state index is 0.842. The average molecular weight is 298 g/mol. The number of aromatic nitrogens is 3. The van der Waals surface area contributed by atoms with Crippen molar-refractivity contribution in [3.63, 3.8) is 0 Å². The van der Waals surface area contributed by atoms with E-state index in [0.29, 0.717) is 0 Å². The molecule has 0 spiro atoms. The van der Waals surface area contributed by atoms with Crippen molar-refractivity contribution in [1.82, 2.24) is 15.0 Å². The van der Waals surface area contributed by atoms with Crippen LogP contribution in [0.5, 0.6) is 0 Å². The van der Waals surface area contributed by atoms with Gasteiger partial charge in [0.2, 0.25) is 0 Å². The summed E-state index contributed by atoms with van der Waals surface area (Å²) in [6.07, 6.45) is 1.82. The molecule has 4 nitrogen and oxygen atoms in total. The van der Waals surface area contributed by atoms with Gasteiger partial charge in [-0.3, -0.25) is 0 Å². The van der Waals surface area contributed by atoms with Gasteiger partial charge in [-0.2, -0.15) is 0 Å². The van der Waals surface area contributed by atoms with Crippen LogP contribution in [0.2, 0.25) is 0 Å². The first kappa shape index (κ1) is 13.9. The third-order valence-electron chi connectivity index (χ3n) is 3.22. The lowest BCUT2D eigenvalue weighted by Crippen LogP contribution is -2.02. The first-order chi connectivity index (χ1) is 10.3. The van der Waals surface area contributed by atoms with Crippen molar-refractivity contribution in [3.05, 3.63) is 47.7 Å². The number of imidazole rings is 1. The van der Waals surface area contributed by atoms with Crippen molar-refractivity contribution in [2.75, 3.05) is 11.9 Å². The number of aryl methyl sites for hydroxylation is 1. The van der Waals surface area contributed by atoms with Gasteiger partial charge in [-0.15, -0.1) is 0 Å². The fourth-order valence-corrected chi connectivity index (χ4v) is 3.07. The molecular weight excluding hydrogens is 280 g/mol. The third kappa shape index (κ3) is 3.19. The van der Waals surface area contributed by atoms with Crippen LogP contribution in [0.25, 0.3) is 11.0 Å². The van der Waals surface area contributed by atoms with Crippen LogP contribution in [0.3, 0.4) is 0 Å². The standard InChI is InChI=1S/C16H18N4S/c1-3-17-15-12(5-4-8-18-15)10-21-16-19-13-7-6-11(2)9-14(13)20-16/h4-9H,3,10H2,1-2H3,(H,17,18)(H,19,20). The maximum Gasteiger partial charge on any atom is 0.166 e. The Kier molecular flexibility index (Phi) is 4.10. The largest absolute Gasteiger partial charge is 0.370 e. The number of aromatic amines is 1. The van der Waals surface area contributed by atoms with E-state index in [2.05, 4.69) is 58.4 Å². The Morgan fingerprint density at radius 1 is 1.29 bits per heavy atom. The van der Waals surface area contributed by atoms with Gasteiger partial charge < -0.3 is 10.3 Å². The summed E-state index contributed by atoms with van der Waals surface area (Å²) < 4.78 is 0. The van der Waals surface area contributed by atoms with Crippen LogP contribution < -0.4 is 5.32 Å². The molecule has 0 aliphatic carbocycles. The average Bonchev–Trinajstić information content (AvgIpc) is 2.88. The Hall–Kier alpha value is -2.01. The molecule has 2 N–H and O–H groups in total. The molecule has 0 bridgehead atoms. The second-order valence-corrected chi connectivity index (χ2v) is 5.86. The van der Waals surface area contributed by atoms with Gasteiger partial charge in [0, 0.05) is 24.1 Å². The molecule has 3 aromatic rings. The second kappa shape index (κ2) is 6.18. The lowest BCUT2D eigenvalue weighted by molar-refractivity contribution is 1.07. The predicted octanol–water partition coefficient (Wildman–Crippen LogP) is 3.99. The molecule has 0 fully saturated rings. The molecule has 0 saturated heterocycles. The van der Waals surface area contributed by atoms with Gasteiger partial charge in [-0.1, -0.05) is 23.9 Å². The minimum Gasteiger partial charge on any atom is -0.370 e. The highest BCUT2D eigenvalue weighted by atomic mass is 32.2. The summed E-state index contributed by atoms with van der Waals surface area (Å²) in [7, 11) is 0. The highest BCUT2D eigenvalue weighted by Crippen LogP contribution is 2.25. The Morgan fingerprint density at radius 3 is 3.05 bits per heavy atom. The topological polar surface area (TPSA) is 53.6 Å². The minimum absolute atomic E-state index is 0.842. The SMILES string of the molecule is CCNc1ncccc1CSc1nc2ccc(C)cc2[nH]1. The molecule has 2 aromatic heterocycles. The summed E-state index contributed by atoms with van der Waals surface area (Å²) in [5.74, 6) is 1.80. The zero-order valence-corrected chi connectivity index (χ0v) is 13.0. The van der Waals surface area contributed by atoms with E-state index in [1.54, 1.807) is 11.8 Å². The molecule has 21 heavy (non-hydrogen) atoms. The molecule has 3 rings (SSSR count). The fourth-order valence-electron chi connectivity index (χ4n) is 2.20. The number of H-pyrrole nitrogens is 1. The molecular formula is C16H18N4S. The molecule has 0 amide bonds. The van der Waals surface area contributed by atoms with Crippen molar-refractivity contribution < 1.29 is 0 Å². The Bertz CT molecular complexity index is 751. The van der Waals surface area contributed by atoms with E-state index in [9.17, 15) is 0 Å². The smallest absolute Gasteiger partial charge is 0.166 e. The number of rotatable bonds is 5. The number of anilines is 1. The monoisotopic (exact) mass is 298 g/mol. The first-order valence-electron chi connectivity index (χ1n) is 7.03. The summed E-state index contributed by atoms with van der Waals surface area (Å²) in [4.78, 5) is 12.4. The van der Waals surface area contributed by atoms with E-state index in [1.807, 2.05) is 12.3 Å². The third-order valence-corrected chi connectivity index (χ3v) is 4.14. The van der Waals surface area contributed by atoms with E-state index in [1.165, 1.54) is 11.1 Å². The highest BCUT2D eigenvalue weighted by Gasteiger charge is 2.07. The summed E-state index contributed by atoms with van der Waals surface area (Å²) in [6, 6.07) is 10.3. The zero-order valence-electron chi connectivity index (χ0n) is 12.2. The van der Waals surface area contributed by atoms with Crippen LogP contribution in [0.4, 0.5) is 5.82 Å². The molecule has 0 radical (unpaired) electrons. The van der Waals surface area contributed by atoms with Gasteiger partial charge in [-0.25, -0.2) is 9.97 Å². The van der Waals surface area contributed by atoms with Crippen molar-refractivity contribution in [3.8, 4) is 0 Å². The van der Waals surface area contributed by atoms with Crippen LogP contribution in [-0.2, 0) is 5.75 Å². The van der Waals surface area contributed by atoms with Gasteiger partial charge in [0.05, 0.1) is 11.0 Å². The van der Waals surface area contributed by atoms with Gasteiger partial charge in [0.15, 0.2) is 5.16 Å². The van der Waals surface area contributed by atoms with Crippen molar-refractivity contribution in [1.29, 1.82) is 0 Å². The first-order valence-corrected chi connectivity index (χ1v) is 8.02. The second-order valence-electron chi connectivity index (χ2n) is 4.89. The van der Waals surface area contributed by atoms with Crippen molar-refractivity contribution in [2.24, 2.45) is 0 Å². The molecule has 0 saturated carbocycles. The normalized spacial score (nSPS) is 11.0. The molecule has 0 atom stereocenters. The number of benzene rings is 1. The molecule has 1 aromatic carbocycles. The summed E-state index contributed by atoms with van der Waals surface area (Å²) in [5, 5.41) is 4.24. The van der Waals surface area contributed by atoms with Crippen LogP contribution >= 0.6 is 11.8 Å². The van der Waals surface area contributed by atoms with Crippen molar-refractivity contribution >= 4 is 28.6 Å². The number of hydrogen-bond acceptors (Lipinski definition) is 4. The van der Waals surface area contributed by atoms with Crippen LogP contribution in [0.15, 0.2) is 41.7 Å². The Labute approximate surface area is 128 Å². The number of nitrogens with zero attached hydrogens (tertiary/aromatic N) is 2. The zero-order chi connectivity index (χ0) is 14.7. The molecule has 108 valence electrons. The van der Waals surface area contributed by atoms with Crippen LogP contribution in [0.1, 0.15) is 18.1 Å². The van der Waals surface area contributed by atoms with Crippen LogP contribution in [-0.4, -0.2) is 21.5 Å². The summed E-state index contributed by atoms with van der Waals surface area (Å²) in [6.45, 7) is 5.04. The van der Waals surface area contributed by atoms with E-state index in [0.717, 1.165) is 34.3 Å². The fraction of sp³-hybridized carbons (Fsp3) is 0.250. The van der Waals surface area contributed by atoms with Gasteiger partial charge in [0.25, 0.3) is 0 Å². The maximum absolute atomic E-state index is 4.61. The van der Waals surface area contributed by atoms with E-state index in [4.69, 9.17) is 0 Å². The molecule has 0 aliphatic rings. The summed E-state index contributed by atoms with van der Waals surface area (Å²) in [5.41, 5.74) is 4.54. The van der Waals surface area contributed by atoms with E-state index < -0.39 is 0 Å². The molecule has 2 heterocycles. The molecule has 5 heteroatoms. The van der Waals surface area contributed by atoms with Crippen LogP contribution in [0, 0.1) is 6.92 Å². The lowest BCUT2D eigenvalue weighted by atomic mass is 10.2. The van der Waals surface area contributed by atoms with E-state index in [-0.39, 0.29) is 0 Å². The molecule has 0 unspecified atom stereocenters. The summed E-state index contributed by atoms with van der Waals surface area (Å²) >= 11 is 1.70. The quantitative estimate of drug-likeness (QED) is 0.699. The van der Waals surface area contributed by atoms with E-state index >= 15 is 0 Å². The lowest BCUT2D eigenvalue weighted by Gasteiger charge is -2.07. The maximum atomic E-state index is 4.61. The highest BCUT2D eigenvalue weighted by molar-refractivity contribution is 7.98. The number of hydrogen-bond donors (Lipinski definition) is 2. The van der Waals surface area contributed by atoms with Crippen molar-refractivity contribution in [2.45, 2.75) is 24.8 Å². The Balaban J connectivity index is 1.77. The predicted molar refractivity (Wildman–Crippen MR) is 88.8 cm³/mol. The number of fused-ring (bicyclic) bond motifs is 1. The number of nitrogens with one attached hydrogen (secondary N) is 2. The van der Waals surface area contributed by atoms with Gasteiger partial charge >= 0.3 is 0 Å². The molecule has 0 aliphatic heterocycles. The number of pyridine rings is 1.